The van der Waals surface area contributed by atoms with Crippen LogP contribution in [-0.4, -0.2) is 5.78 Å². The topological polar surface area (TPSA) is 64.7 Å². The summed E-state index contributed by atoms with van der Waals surface area (Å²) in [4.78, 5) is 11.0. The minimum Gasteiger partial charge on any atom is -0.294 e. The van der Waals surface area contributed by atoms with Crippen molar-refractivity contribution in [1.29, 1.82) is 10.5 Å². The molecule has 0 saturated carbocycles. The number of carbonyl (C=O) groups is 1. The molecule has 0 spiro atoms. The Morgan fingerprint density at radius 3 is 2.46 bits per heavy atom. The van der Waals surface area contributed by atoms with Crippen molar-refractivity contribution in [3.05, 3.63) is 34.9 Å². The maximum absolute atomic E-state index is 11.0. The first-order valence-corrected chi connectivity index (χ1v) is 3.65. The fourth-order valence-corrected chi connectivity index (χ4v) is 1.06. The minimum atomic E-state index is -0.200. The molecule has 0 aliphatic heterocycles. The van der Waals surface area contributed by atoms with Crippen LogP contribution in [0.4, 0.5) is 0 Å². The van der Waals surface area contributed by atoms with Gasteiger partial charge in [0.25, 0.3) is 0 Å². The van der Waals surface area contributed by atoms with Crippen molar-refractivity contribution in [2.24, 2.45) is 0 Å². The Kier molecular flexibility index (Phi) is 2.42. The van der Waals surface area contributed by atoms with Crippen molar-refractivity contribution < 1.29 is 4.79 Å². The summed E-state index contributed by atoms with van der Waals surface area (Å²) >= 11 is 0. The van der Waals surface area contributed by atoms with Crippen LogP contribution in [-0.2, 0) is 0 Å². The van der Waals surface area contributed by atoms with E-state index in [1.165, 1.54) is 13.0 Å². The third kappa shape index (κ3) is 1.55. The number of hydrogen-bond donors (Lipinski definition) is 0. The normalized spacial score (nSPS) is 8.54. The van der Waals surface area contributed by atoms with Crippen molar-refractivity contribution in [3.63, 3.8) is 0 Å². The monoisotopic (exact) mass is 170 g/mol. The molecule has 62 valence electrons. The molecule has 13 heavy (non-hydrogen) atoms. The van der Waals surface area contributed by atoms with Gasteiger partial charge in [-0.2, -0.15) is 10.5 Å². The molecule has 0 atom stereocenters. The number of rotatable bonds is 1. The molecule has 0 aliphatic rings. The third-order valence-electron chi connectivity index (χ3n) is 1.68. The predicted octanol–water partition coefficient (Wildman–Crippen LogP) is 1.63. The lowest BCUT2D eigenvalue weighted by Crippen LogP contribution is -1.98. The number of nitrogens with zero attached hydrogens (tertiary/aromatic N) is 2. The van der Waals surface area contributed by atoms with Gasteiger partial charge in [0.1, 0.15) is 12.1 Å². The fourth-order valence-electron chi connectivity index (χ4n) is 1.06. The number of benzene rings is 1. The van der Waals surface area contributed by atoms with Crippen LogP contribution in [0.15, 0.2) is 18.2 Å². The van der Waals surface area contributed by atoms with Crippen LogP contribution in [0.25, 0.3) is 0 Å². The maximum atomic E-state index is 11.0. The van der Waals surface area contributed by atoms with E-state index in [0.717, 1.165) is 0 Å². The molecule has 0 aromatic heterocycles. The average Bonchev–Trinajstić information content (AvgIpc) is 2.16. The second-order valence-corrected chi connectivity index (χ2v) is 2.51. The van der Waals surface area contributed by atoms with E-state index in [4.69, 9.17) is 10.5 Å². The molecule has 0 N–H and O–H groups in total. The number of Topliss-reactive ketones (excluding diaryl/α,β-unsaturated/α-hetero) is 1. The van der Waals surface area contributed by atoms with Crippen LogP contribution in [0.1, 0.15) is 28.4 Å². The van der Waals surface area contributed by atoms with Gasteiger partial charge in [0.2, 0.25) is 0 Å². The van der Waals surface area contributed by atoms with Crippen LogP contribution < -0.4 is 0 Å². The van der Waals surface area contributed by atoms with E-state index >= 15 is 0 Å². The molecule has 3 nitrogen and oxygen atoms in total. The highest BCUT2D eigenvalue weighted by Gasteiger charge is 2.10. The molecule has 1 rings (SSSR count). The molecule has 0 amide bonds. The Morgan fingerprint density at radius 2 is 2.00 bits per heavy atom. The van der Waals surface area contributed by atoms with Gasteiger partial charge < -0.3 is 0 Å². The van der Waals surface area contributed by atoms with Gasteiger partial charge in [-0.05, 0) is 19.1 Å². The number of hydrogen-bond acceptors (Lipinski definition) is 3. The highest BCUT2D eigenvalue weighted by molar-refractivity contribution is 5.97. The van der Waals surface area contributed by atoms with E-state index < -0.39 is 0 Å². The van der Waals surface area contributed by atoms with Crippen molar-refractivity contribution in [1.82, 2.24) is 0 Å². The standard InChI is InChI=1S/C10H6N2O/c1-7(13)9-4-2-3-8(5-11)10(9)6-12/h2-4H,1H3. The third-order valence-corrected chi connectivity index (χ3v) is 1.68. The lowest BCUT2D eigenvalue weighted by molar-refractivity contribution is 0.101. The smallest absolute Gasteiger partial charge is 0.161 e. The zero-order valence-electron chi connectivity index (χ0n) is 7.03. The summed E-state index contributed by atoms with van der Waals surface area (Å²) in [6, 6.07) is 8.38. The van der Waals surface area contributed by atoms with E-state index in [0.29, 0.717) is 5.56 Å². The molecule has 0 fully saturated rings. The van der Waals surface area contributed by atoms with Gasteiger partial charge in [-0.1, -0.05) is 6.07 Å². The summed E-state index contributed by atoms with van der Waals surface area (Å²) in [5, 5.41) is 17.4. The predicted molar refractivity (Wildman–Crippen MR) is 45.9 cm³/mol. The van der Waals surface area contributed by atoms with E-state index in [1.54, 1.807) is 12.1 Å². The zero-order valence-corrected chi connectivity index (χ0v) is 7.03. The first-order chi connectivity index (χ1) is 6.20. The second kappa shape index (κ2) is 3.51. The van der Waals surface area contributed by atoms with Crippen LogP contribution in [0, 0.1) is 22.7 Å². The van der Waals surface area contributed by atoms with Gasteiger partial charge >= 0.3 is 0 Å². The summed E-state index contributed by atoms with van der Waals surface area (Å²) < 4.78 is 0. The molecule has 3 heteroatoms. The van der Waals surface area contributed by atoms with Gasteiger partial charge in [0.15, 0.2) is 5.78 Å². The molecule has 0 heterocycles. The van der Waals surface area contributed by atoms with E-state index in [9.17, 15) is 4.79 Å². The first kappa shape index (κ1) is 8.96. The van der Waals surface area contributed by atoms with Crippen LogP contribution in [0.3, 0.4) is 0 Å². The molecule has 0 radical (unpaired) electrons. The Labute approximate surface area is 75.8 Å². The van der Waals surface area contributed by atoms with E-state index in [2.05, 4.69) is 0 Å². The molecular weight excluding hydrogens is 164 g/mol. The molecule has 1 aromatic rings. The van der Waals surface area contributed by atoms with Crippen LogP contribution >= 0.6 is 0 Å². The largest absolute Gasteiger partial charge is 0.294 e. The lowest BCUT2D eigenvalue weighted by atomic mass is 10.0. The van der Waals surface area contributed by atoms with E-state index in [-0.39, 0.29) is 16.9 Å². The van der Waals surface area contributed by atoms with Gasteiger partial charge in [0.05, 0.1) is 11.1 Å². The summed E-state index contributed by atoms with van der Waals surface area (Å²) in [5.74, 6) is -0.200. The summed E-state index contributed by atoms with van der Waals surface area (Å²) in [7, 11) is 0. The molecule has 0 aliphatic carbocycles. The number of nitriles is 2. The van der Waals surface area contributed by atoms with Gasteiger partial charge in [-0.3, -0.25) is 4.79 Å². The Hall–Kier alpha value is -2.13. The molecule has 0 unspecified atom stereocenters. The highest BCUT2D eigenvalue weighted by Crippen LogP contribution is 2.13. The van der Waals surface area contributed by atoms with Crippen LogP contribution in [0.2, 0.25) is 0 Å². The summed E-state index contributed by atoms with van der Waals surface area (Å²) in [6.07, 6.45) is 0. The molecular formula is C10H6N2O. The molecule has 0 saturated heterocycles. The van der Waals surface area contributed by atoms with E-state index in [1.807, 2.05) is 12.1 Å². The maximum Gasteiger partial charge on any atom is 0.161 e. The van der Waals surface area contributed by atoms with Crippen molar-refractivity contribution in [2.45, 2.75) is 6.92 Å². The Bertz CT molecular complexity index is 435. The zero-order chi connectivity index (χ0) is 9.84. The minimum absolute atomic E-state index is 0.164. The molecule has 0 bridgehead atoms. The quantitative estimate of drug-likeness (QED) is 0.601. The van der Waals surface area contributed by atoms with Crippen molar-refractivity contribution in [3.8, 4) is 12.1 Å². The summed E-state index contributed by atoms with van der Waals surface area (Å²) in [6.45, 7) is 1.37. The van der Waals surface area contributed by atoms with Crippen molar-refractivity contribution >= 4 is 5.78 Å². The Morgan fingerprint density at radius 1 is 1.31 bits per heavy atom. The first-order valence-electron chi connectivity index (χ1n) is 3.65. The van der Waals surface area contributed by atoms with Gasteiger partial charge in [0, 0.05) is 5.56 Å². The number of carbonyl (C=O) groups excluding carboxylic acids is 1. The van der Waals surface area contributed by atoms with Crippen LogP contribution in [0.5, 0.6) is 0 Å². The van der Waals surface area contributed by atoms with Crippen molar-refractivity contribution in [2.75, 3.05) is 0 Å². The number of ketones is 1. The van der Waals surface area contributed by atoms with Gasteiger partial charge in [-0.15, -0.1) is 0 Å². The average molecular weight is 170 g/mol. The Balaban J connectivity index is 3.49. The molecule has 1 aromatic carbocycles. The highest BCUT2D eigenvalue weighted by atomic mass is 16.1. The SMILES string of the molecule is CC(=O)c1cccc(C#N)c1C#N. The summed E-state index contributed by atoms with van der Waals surface area (Å²) in [5.41, 5.74) is 0.717. The second-order valence-electron chi connectivity index (χ2n) is 2.51. The fraction of sp³-hybridized carbons (Fsp3) is 0.100. The lowest BCUT2D eigenvalue weighted by Gasteiger charge is -1.99. The van der Waals surface area contributed by atoms with Gasteiger partial charge in [-0.25, -0.2) is 0 Å².